The predicted molar refractivity (Wildman–Crippen MR) is 83.8 cm³/mol. The van der Waals surface area contributed by atoms with E-state index in [2.05, 4.69) is 24.5 Å². The van der Waals surface area contributed by atoms with Gasteiger partial charge in [-0.05, 0) is 36.6 Å². The molecule has 0 bridgehead atoms. The summed E-state index contributed by atoms with van der Waals surface area (Å²) < 4.78 is 10.6. The van der Waals surface area contributed by atoms with E-state index in [1.54, 1.807) is 7.11 Å². The molecule has 0 aliphatic carbocycles. The molecule has 0 radical (unpaired) electrons. The summed E-state index contributed by atoms with van der Waals surface area (Å²) in [7, 11) is 1.63. The van der Waals surface area contributed by atoms with Crippen LogP contribution in [0.25, 0.3) is 0 Å². The zero-order chi connectivity index (χ0) is 15.5. The lowest BCUT2D eigenvalue weighted by atomic mass is 10.1. The summed E-state index contributed by atoms with van der Waals surface area (Å²) in [5, 5.41) is 5.93. The lowest BCUT2D eigenvalue weighted by Gasteiger charge is -2.09. The average molecular weight is 294 g/mol. The van der Waals surface area contributed by atoms with Gasteiger partial charge < -0.3 is 20.1 Å². The summed E-state index contributed by atoms with van der Waals surface area (Å²) >= 11 is 0. The van der Waals surface area contributed by atoms with E-state index in [1.807, 2.05) is 24.3 Å². The molecule has 1 aromatic carbocycles. The number of hydrogen-bond donors (Lipinski definition) is 2. The molecular weight excluding hydrogens is 268 g/mol. The molecule has 0 aliphatic heterocycles. The standard InChI is InChI=1S/C16H26N2O3/c1-13(2)8-9-18-16(19)12-17-10-11-21-15-6-4-14(20-3)5-7-15/h4-7,13,17H,8-12H2,1-3H3,(H,18,19). The first-order chi connectivity index (χ1) is 10.1. The zero-order valence-electron chi connectivity index (χ0n) is 13.1. The van der Waals surface area contributed by atoms with Gasteiger partial charge >= 0.3 is 0 Å². The lowest BCUT2D eigenvalue weighted by molar-refractivity contribution is -0.120. The SMILES string of the molecule is COc1ccc(OCCNCC(=O)NCCC(C)C)cc1. The zero-order valence-corrected chi connectivity index (χ0v) is 13.1. The highest BCUT2D eigenvalue weighted by Gasteiger charge is 2.01. The molecule has 1 aromatic rings. The molecule has 0 atom stereocenters. The third-order valence-electron chi connectivity index (χ3n) is 2.94. The first kappa shape index (κ1) is 17.3. The van der Waals surface area contributed by atoms with Crippen LogP contribution in [0.4, 0.5) is 0 Å². The van der Waals surface area contributed by atoms with Crippen LogP contribution in [-0.2, 0) is 4.79 Å². The van der Waals surface area contributed by atoms with Crippen LogP contribution in [0.3, 0.4) is 0 Å². The highest BCUT2D eigenvalue weighted by atomic mass is 16.5. The molecule has 0 saturated carbocycles. The Morgan fingerprint density at radius 3 is 2.43 bits per heavy atom. The van der Waals surface area contributed by atoms with Gasteiger partial charge in [0.05, 0.1) is 13.7 Å². The molecule has 0 aromatic heterocycles. The van der Waals surface area contributed by atoms with Crippen LogP contribution in [0, 0.1) is 5.92 Å². The summed E-state index contributed by atoms with van der Waals surface area (Å²) in [5.41, 5.74) is 0. The Kier molecular flexibility index (Phi) is 8.28. The molecule has 5 heteroatoms. The third-order valence-corrected chi connectivity index (χ3v) is 2.94. The molecule has 0 spiro atoms. The maximum absolute atomic E-state index is 11.5. The Balaban J connectivity index is 2.04. The second-order valence-electron chi connectivity index (χ2n) is 5.23. The molecule has 2 N–H and O–H groups in total. The van der Waals surface area contributed by atoms with E-state index < -0.39 is 0 Å². The Labute approximate surface area is 127 Å². The molecule has 0 saturated heterocycles. The maximum Gasteiger partial charge on any atom is 0.233 e. The number of nitrogens with one attached hydrogen (secondary N) is 2. The fourth-order valence-corrected chi connectivity index (χ4v) is 1.68. The summed E-state index contributed by atoms with van der Waals surface area (Å²) in [6, 6.07) is 7.42. The minimum absolute atomic E-state index is 0.0279. The van der Waals surface area contributed by atoms with Gasteiger partial charge in [0, 0.05) is 13.1 Å². The van der Waals surface area contributed by atoms with Crippen molar-refractivity contribution in [1.29, 1.82) is 0 Å². The van der Waals surface area contributed by atoms with E-state index in [4.69, 9.17) is 9.47 Å². The maximum atomic E-state index is 11.5. The monoisotopic (exact) mass is 294 g/mol. The smallest absolute Gasteiger partial charge is 0.233 e. The number of rotatable bonds is 10. The van der Waals surface area contributed by atoms with Crippen LogP contribution < -0.4 is 20.1 Å². The number of carbonyl (C=O) groups is 1. The van der Waals surface area contributed by atoms with Crippen LogP contribution in [0.5, 0.6) is 11.5 Å². The highest BCUT2D eigenvalue weighted by molar-refractivity contribution is 5.77. The van der Waals surface area contributed by atoms with Crippen molar-refractivity contribution in [3.05, 3.63) is 24.3 Å². The van der Waals surface area contributed by atoms with Crippen molar-refractivity contribution in [3.63, 3.8) is 0 Å². The number of carbonyl (C=O) groups excluding carboxylic acids is 1. The second kappa shape index (κ2) is 10.0. The number of hydrogen-bond acceptors (Lipinski definition) is 4. The molecule has 0 fully saturated rings. The Morgan fingerprint density at radius 2 is 1.81 bits per heavy atom. The van der Waals surface area contributed by atoms with Crippen molar-refractivity contribution in [2.24, 2.45) is 5.92 Å². The first-order valence-electron chi connectivity index (χ1n) is 7.36. The van der Waals surface area contributed by atoms with Gasteiger partial charge in [-0.25, -0.2) is 0 Å². The summed E-state index contributed by atoms with van der Waals surface area (Å²) in [6.45, 7) is 6.49. The van der Waals surface area contributed by atoms with E-state index in [9.17, 15) is 4.79 Å². The average Bonchev–Trinajstić information content (AvgIpc) is 2.47. The molecule has 118 valence electrons. The third kappa shape index (κ3) is 8.19. The first-order valence-corrected chi connectivity index (χ1v) is 7.36. The van der Waals surface area contributed by atoms with Crippen molar-refractivity contribution in [3.8, 4) is 11.5 Å². The molecule has 21 heavy (non-hydrogen) atoms. The number of ether oxygens (including phenoxy) is 2. The minimum atomic E-state index is 0.0279. The van der Waals surface area contributed by atoms with Crippen LogP contribution >= 0.6 is 0 Å². The largest absolute Gasteiger partial charge is 0.497 e. The molecule has 0 aliphatic rings. The lowest BCUT2D eigenvalue weighted by Crippen LogP contribution is -2.36. The Hall–Kier alpha value is -1.75. The van der Waals surface area contributed by atoms with Crippen molar-refractivity contribution in [1.82, 2.24) is 10.6 Å². The molecule has 1 rings (SSSR count). The summed E-state index contributed by atoms with van der Waals surface area (Å²) in [5.74, 6) is 2.23. The van der Waals surface area contributed by atoms with Gasteiger partial charge in [-0.3, -0.25) is 4.79 Å². The predicted octanol–water partition coefficient (Wildman–Crippen LogP) is 1.83. The van der Waals surface area contributed by atoms with E-state index in [-0.39, 0.29) is 5.91 Å². The fourth-order valence-electron chi connectivity index (χ4n) is 1.68. The Morgan fingerprint density at radius 1 is 1.14 bits per heavy atom. The van der Waals surface area contributed by atoms with E-state index in [0.717, 1.165) is 24.5 Å². The van der Waals surface area contributed by atoms with Crippen molar-refractivity contribution in [2.45, 2.75) is 20.3 Å². The van der Waals surface area contributed by atoms with Crippen LogP contribution in [-0.4, -0.2) is 39.3 Å². The quantitative estimate of drug-likeness (QED) is 0.646. The summed E-state index contributed by atoms with van der Waals surface area (Å²) in [4.78, 5) is 11.5. The number of amides is 1. The van der Waals surface area contributed by atoms with E-state index in [0.29, 0.717) is 25.6 Å². The molecule has 5 nitrogen and oxygen atoms in total. The van der Waals surface area contributed by atoms with Gasteiger partial charge in [0.2, 0.25) is 5.91 Å². The van der Waals surface area contributed by atoms with Crippen LogP contribution in [0.2, 0.25) is 0 Å². The Bertz CT molecular complexity index is 404. The van der Waals surface area contributed by atoms with Crippen LogP contribution in [0.1, 0.15) is 20.3 Å². The van der Waals surface area contributed by atoms with Crippen molar-refractivity contribution in [2.75, 3.05) is 33.4 Å². The minimum Gasteiger partial charge on any atom is -0.497 e. The van der Waals surface area contributed by atoms with Gasteiger partial charge in [0.1, 0.15) is 18.1 Å². The van der Waals surface area contributed by atoms with Gasteiger partial charge in [0.15, 0.2) is 0 Å². The van der Waals surface area contributed by atoms with Crippen LogP contribution in [0.15, 0.2) is 24.3 Å². The van der Waals surface area contributed by atoms with E-state index >= 15 is 0 Å². The molecule has 1 amide bonds. The topological polar surface area (TPSA) is 59.6 Å². The van der Waals surface area contributed by atoms with E-state index in [1.165, 1.54) is 0 Å². The number of benzene rings is 1. The van der Waals surface area contributed by atoms with Gasteiger partial charge in [-0.1, -0.05) is 13.8 Å². The molecule has 0 unspecified atom stereocenters. The van der Waals surface area contributed by atoms with Gasteiger partial charge in [-0.2, -0.15) is 0 Å². The molecular formula is C16H26N2O3. The molecule has 0 heterocycles. The van der Waals surface area contributed by atoms with Crippen molar-refractivity contribution >= 4 is 5.91 Å². The summed E-state index contributed by atoms with van der Waals surface area (Å²) in [6.07, 6.45) is 1.01. The van der Waals surface area contributed by atoms with Crippen molar-refractivity contribution < 1.29 is 14.3 Å². The fraction of sp³-hybridized carbons (Fsp3) is 0.562. The van der Waals surface area contributed by atoms with Gasteiger partial charge in [0.25, 0.3) is 0 Å². The second-order valence-corrected chi connectivity index (χ2v) is 5.23. The normalized spacial score (nSPS) is 10.5. The van der Waals surface area contributed by atoms with Gasteiger partial charge in [-0.15, -0.1) is 0 Å². The number of methoxy groups -OCH3 is 1. The highest BCUT2D eigenvalue weighted by Crippen LogP contribution is 2.16.